The third-order valence-corrected chi connectivity index (χ3v) is 3.74. The number of rotatable bonds is 0. The largest absolute Gasteiger partial charge is 0.316 e. The molecular formula is C11H17F2N. The van der Waals surface area contributed by atoms with Gasteiger partial charge in [0.1, 0.15) is 0 Å². The van der Waals surface area contributed by atoms with Gasteiger partial charge in [-0.25, -0.2) is 0 Å². The van der Waals surface area contributed by atoms with Gasteiger partial charge in [-0.3, -0.25) is 0 Å². The van der Waals surface area contributed by atoms with E-state index in [1.54, 1.807) is 0 Å². The number of hydrogen-bond donors (Lipinski definition) is 1. The number of nitrogens with one attached hydrogen (secondary N) is 1. The minimum Gasteiger partial charge on any atom is -0.316 e. The highest BCUT2D eigenvalue weighted by Gasteiger charge is 2.35. The first-order valence-electron chi connectivity index (χ1n) is 5.46. The van der Waals surface area contributed by atoms with Crippen LogP contribution < -0.4 is 5.32 Å². The van der Waals surface area contributed by atoms with Gasteiger partial charge in [-0.2, -0.15) is 8.78 Å². The number of halogens is 2. The molecule has 0 aromatic carbocycles. The number of hydrogen-bond acceptors (Lipinski definition) is 1. The van der Waals surface area contributed by atoms with Crippen molar-refractivity contribution in [3.63, 3.8) is 0 Å². The Morgan fingerprint density at radius 3 is 2.36 bits per heavy atom. The van der Waals surface area contributed by atoms with Crippen LogP contribution in [0.5, 0.6) is 0 Å². The predicted octanol–water partition coefficient (Wildman–Crippen LogP) is 3.08. The summed E-state index contributed by atoms with van der Waals surface area (Å²) in [6.45, 7) is 2.14. The summed E-state index contributed by atoms with van der Waals surface area (Å²) in [7, 11) is 0. The highest BCUT2D eigenvalue weighted by molar-refractivity contribution is 5.09. The van der Waals surface area contributed by atoms with Crippen LogP contribution in [-0.4, -0.2) is 13.1 Å². The van der Waals surface area contributed by atoms with Gasteiger partial charge in [-0.1, -0.05) is 0 Å². The van der Waals surface area contributed by atoms with E-state index in [9.17, 15) is 8.78 Å². The molecule has 80 valence electrons. The molecule has 2 rings (SSSR count). The van der Waals surface area contributed by atoms with E-state index in [-0.39, 0.29) is 0 Å². The van der Waals surface area contributed by atoms with Crippen molar-refractivity contribution in [2.45, 2.75) is 38.5 Å². The quantitative estimate of drug-likeness (QED) is 0.635. The van der Waals surface area contributed by atoms with Crippen LogP contribution in [0.1, 0.15) is 38.5 Å². The Hall–Kier alpha value is -0.440. The van der Waals surface area contributed by atoms with E-state index >= 15 is 0 Å². The monoisotopic (exact) mass is 201 g/mol. The minimum atomic E-state index is -1.43. The summed E-state index contributed by atoms with van der Waals surface area (Å²) in [6.07, 6.45) is 4.13. The van der Waals surface area contributed by atoms with Gasteiger partial charge in [0.2, 0.25) is 0 Å². The molecule has 1 aliphatic carbocycles. The van der Waals surface area contributed by atoms with Crippen molar-refractivity contribution in [1.82, 2.24) is 5.32 Å². The summed E-state index contributed by atoms with van der Waals surface area (Å²) in [5.41, 5.74) is 0.748. The fourth-order valence-corrected chi connectivity index (χ4v) is 2.73. The van der Waals surface area contributed by atoms with E-state index in [0.717, 1.165) is 25.9 Å². The van der Waals surface area contributed by atoms with E-state index in [4.69, 9.17) is 0 Å². The van der Waals surface area contributed by atoms with E-state index in [0.29, 0.717) is 23.8 Å². The SMILES string of the molecule is FC(F)=C1CCC2(CCCNC2)CC1. The summed E-state index contributed by atoms with van der Waals surface area (Å²) in [4.78, 5) is 0. The zero-order chi connectivity index (χ0) is 10.0. The lowest BCUT2D eigenvalue weighted by molar-refractivity contribution is 0.155. The maximum Gasteiger partial charge on any atom is 0.269 e. The van der Waals surface area contributed by atoms with Gasteiger partial charge >= 0.3 is 0 Å². The average Bonchev–Trinajstić information content (AvgIpc) is 2.19. The van der Waals surface area contributed by atoms with Crippen molar-refractivity contribution in [2.24, 2.45) is 5.41 Å². The first-order valence-corrected chi connectivity index (χ1v) is 5.46. The van der Waals surface area contributed by atoms with Gasteiger partial charge in [-0.15, -0.1) is 0 Å². The molecule has 1 saturated carbocycles. The molecule has 0 aromatic heterocycles. The molecule has 0 amide bonds. The smallest absolute Gasteiger partial charge is 0.269 e. The Morgan fingerprint density at radius 1 is 1.14 bits per heavy atom. The number of piperidine rings is 1. The Bertz CT molecular complexity index is 226. The van der Waals surface area contributed by atoms with Crippen molar-refractivity contribution in [3.8, 4) is 0 Å². The van der Waals surface area contributed by atoms with Gasteiger partial charge < -0.3 is 5.32 Å². The van der Waals surface area contributed by atoms with Gasteiger partial charge in [0, 0.05) is 6.54 Å². The van der Waals surface area contributed by atoms with E-state index in [2.05, 4.69) is 5.32 Å². The molecule has 2 aliphatic rings. The molecule has 14 heavy (non-hydrogen) atoms. The Labute approximate surface area is 83.6 Å². The summed E-state index contributed by atoms with van der Waals surface area (Å²) < 4.78 is 24.7. The Kier molecular flexibility index (Phi) is 2.86. The molecule has 0 bridgehead atoms. The maximum atomic E-state index is 12.3. The highest BCUT2D eigenvalue weighted by atomic mass is 19.3. The average molecular weight is 201 g/mol. The molecule has 3 heteroatoms. The summed E-state index contributed by atoms with van der Waals surface area (Å²) in [5, 5.41) is 3.39. The second kappa shape index (κ2) is 3.97. The van der Waals surface area contributed by atoms with E-state index in [1.165, 1.54) is 12.8 Å². The molecule has 1 spiro atoms. The third-order valence-electron chi connectivity index (χ3n) is 3.74. The van der Waals surface area contributed by atoms with Crippen molar-refractivity contribution in [2.75, 3.05) is 13.1 Å². The number of allylic oxidation sites excluding steroid dienone is 1. The molecule has 0 radical (unpaired) electrons. The fraction of sp³-hybridized carbons (Fsp3) is 0.818. The molecular weight excluding hydrogens is 184 g/mol. The van der Waals surface area contributed by atoms with Crippen LogP contribution >= 0.6 is 0 Å². The van der Waals surface area contributed by atoms with E-state index in [1.807, 2.05) is 0 Å². The second-order valence-corrected chi connectivity index (χ2v) is 4.64. The van der Waals surface area contributed by atoms with Crippen LogP contribution in [0.4, 0.5) is 8.78 Å². The van der Waals surface area contributed by atoms with E-state index < -0.39 is 6.08 Å². The van der Waals surface area contributed by atoms with Gasteiger partial charge in [-0.05, 0) is 56.1 Å². The second-order valence-electron chi connectivity index (χ2n) is 4.64. The summed E-state index contributed by atoms with van der Waals surface area (Å²) in [6, 6.07) is 0. The molecule has 1 nitrogen and oxygen atoms in total. The van der Waals surface area contributed by atoms with Crippen LogP contribution in [0, 0.1) is 5.41 Å². The molecule has 2 fully saturated rings. The first-order chi connectivity index (χ1) is 6.72. The molecule has 0 aromatic rings. The van der Waals surface area contributed by atoms with Gasteiger partial charge in [0.15, 0.2) is 0 Å². The van der Waals surface area contributed by atoms with Crippen molar-refractivity contribution < 1.29 is 8.78 Å². The van der Waals surface area contributed by atoms with Crippen LogP contribution in [0.3, 0.4) is 0 Å². The lowest BCUT2D eigenvalue weighted by atomic mass is 9.68. The molecule has 1 N–H and O–H groups in total. The van der Waals surface area contributed by atoms with Crippen LogP contribution in [0.15, 0.2) is 11.7 Å². The lowest BCUT2D eigenvalue weighted by Gasteiger charge is -2.41. The maximum absolute atomic E-state index is 12.3. The van der Waals surface area contributed by atoms with Crippen molar-refractivity contribution in [1.29, 1.82) is 0 Å². The highest BCUT2D eigenvalue weighted by Crippen LogP contribution is 2.43. The molecule has 1 aliphatic heterocycles. The van der Waals surface area contributed by atoms with Crippen LogP contribution in [-0.2, 0) is 0 Å². The zero-order valence-electron chi connectivity index (χ0n) is 8.41. The van der Waals surface area contributed by atoms with Crippen molar-refractivity contribution in [3.05, 3.63) is 11.7 Å². The molecule has 0 atom stereocenters. The van der Waals surface area contributed by atoms with Gasteiger partial charge in [0.05, 0.1) is 0 Å². The standard InChI is InChI=1S/C11H17F2N/c12-10(13)9-2-5-11(6-3-9)4-1-7-14-8-11/h14H,1-8H2. The van der Waals surface area contributed by atoms with Crippen LogP contribution in [0.25, 0.3) is 0 Å². The summed E-state index contributed by atoms with van der Waals surface area (Å²) >= 11 is 0. The minimum absolute atomic E-state index is 0.344. The Morgan fingerprint density at radius 2 is 1.86 bits per heavy atom. The van der Waals surface area contributed by atoms with Crippen LogP contribution in [0.2, 0.25) is 0 Å². The third kappa shape index (κ3) is 1.97. The van der Waals surface area contributed by atoms with Crippen molar-refractivity contribution >= 4 is 0 Å². The molecule has 1 saturated heterocycles. The Balaban J connectivity index is 1.97. The first kappa shape index (κ1) is 10.1. The topological polar surface area (TPSA) is 12.0 Å². The van der Waals surface area contributed by atoms with Gasteiger partial charge in [0.25, 0.3) is 6.08 Å². The normalized spacial score (nSPS) is 33.4. The zero-order valence-corrected chi connectivity index (χ0v) is 8.41. The summed E-state index contributed by atoms with van der Waals surface area (Å²) in [5.74, 6) is 0. The predicted molar refractivity (Wildman–Crippen MR) is 52.2 cm³/mol. The fourth-order valence-electron chi connectivity index (χ4n) is 2.73. The molecule has 1 heterocycles. The lowest BCUT2D eigenvalue weighted by Crippen LogP contribution is -2.41. The molecule has 0 unspecified atom stereocenters.